The molecule has 0 bridgehead atoms. The molecule has 0 aromatic heterocycles. The SMILES string of the molecule is COCCOCO[C@@H]1[C@@H](CO)N(C(=O)OCC2c3ccccc3-c3ccccc32)C[C@H]1OCOCCOC. The average molecular weight is 532 g/mol. The second-order valence-electron chi connectivity index (χ2n) is 9.08. The summed E-state index contributed by atoms with van der Waals surface area (Å²) in [7, 11) is 3.18. The Labute approximate surface area is 223 Å². The summed E-state index contributed by atoms with van der Waals surface area (Å²) in [6.07, 6.45) is -1.71. The maximum absolute atomic E-state index is 13.3. The van der Waals surface area contributed by atoms with Gasteiger partial charge in [0.05, 0.1) is 45.6 Å². The Morgan fingerprint density at radius 1 is 0.868 bits per heavy atom. The van der Waals surface area contributed by atoms with Gasteiger partial charge in [0.2, 0.25) is 0 Å². The van der Waals surface area contributed by atoms with Gasteiger partial charge in [-0.15, -0.1) is 0 Å². The molecule has 0 spiro atoms. The lowest BCUT2D eigenvalue weighted by atomic mass is 9.98. The van der Waals surface area contributed by atoms with Gasteiger partial charge < -0.3 is 38.3 Å². The van der Waals surface area contributed by atoms with Crippen molar-refractivity contribution in [3.63, 3.8) is 0 Å². The zero-order chi connectivity index (χ0) is 26.7. The summed E-state index contributed by atoms with van der Waals surface area (Å²) >= 11 is 0. The topological polar surface area (TPSA) is 105 Å². The summed E-state index contributed by atoms with van der Waals surface area (Å²) in [5.41, 5.74) is 4.57. The summed E-state index contributed by atoms with van der Waals surface area (Å²) < 4.78 is 38.5. The van der Waals surface area contributed by atoms with E-state index in [-0.39, 0.29) is 39.3 Å². The predicted octanol–water partition coefficient (Wildman–Crippen LogP) is 2.62. The summed E-state index contributed by atoms with van der Waals surface area (Å²) in [4.78, 5) is 14.8. The van der Waals surface area contributed by atoms with E-state index in [2.05, 4.69) is 24.3 Å². The first-order valence-electron chi connectivity index (χ1n) is 12.8. The molecule has 0 unspecified atom stereocenters. The lowest BCUT2D eigenvalue weighted by molar-refractivity contribution is -0.163. The van der Waals surface area contributed by atoms with Crippen LogP contribution in [0.1, 0.15) is 17.0 Å². The zero-order valence-electron chi connectivity index (χ0n) is 22.0. The smallest absolute Gasteiger partial charge is 0.410 e. The van der Waals surface area contributed by atoms with E-state index in [1.165, 1.54) is 4.90 Å². The Kier molecular flexibility index (Phi) is 10.9. The van der Waals surface area contributed by atoms with Crippen molar-refractivity contribution < 1.29 is 43.1 Å². The number of ether oxygens (including phenoxy) is 7. The third kappa shape index (κ3) is 6.70. The Hall–Kier alpha value is -2.57. The van der Waals surface area contributed by atoms with Gasteiger partial charge in [-0.25, -0.2) is 4.79 Å². The number of hydrogen-bond acceptors (Lipinski definition) is 9. The van der Waals surface area contributed by atoms with Gasteiger partial charge in [-0.3, -0.25) is 4.90 Å². The Bertz CT molecular complexity index is 974. The maximum atomic E-state index is 13.3. The highest BCUT2D eigenvalue weighted by molar-refractivity contribution is 5.79. The van der Waals surface area contributed by atoms with E-state index in [1.807, 2.05) is 24.3 Å². The van der Waals surface area contributed by atoms with Crippen LogP contribution in [0.15, 0.2) is 48.5 Å². The van der Waals surface area contributed by atoms with Crippen LogP contribution in [0, 0.1) is 0 Å². The Balaban J connectivity index is 1.40. The van der Waals surface area contributed by atoms with E-state index in [4.69, 9.17) is 33.2 Å². The molecule has 10 nitrogen and oxygen atoms in total. The highest BCUT2D eigenvalue weighted by Crippen LogP contribution is 2.44. The number of hydrogen-bond donors (Lipinski definition) is 1. The monoisotopic (exact) mass is 531 g/mol. The van der Waals surface area contributed by atoms with E-state index >= 15 is 0 Å². The van der Waals surface area contributed by atoms with Crippen molar-refractivity contribution in [2.75, 3.05) is 74.0 Å². The molecule has 1 aliphatic carbocycles. The van der Waals surface area contributed by atoms with Gasteiger partial charge in [0.25, 0.3) is 0 Å². The van der Waals surface area contributed by atoms with Crippen LogP contribution >= 0.6 is 0 Å². The first-order valence-corrected chi connectivity index (χ1v) is 12.8. The van der Waals surface area contributed by atoms with Gasteiger partial charge in [0.1, 0.15) is 32.4 Å². The van der Waals surface area contributed by atoms with E-state index in [9.17, 15) is 9.90 Å². The third-order valence-electron chi connectivity index (χ3n) is 6.85. The predicted molar refractivity (Wildman–Crippen MR) is 138 cm³/mol. The van der Waals surface area contributed by atoms with Crippen molar-refractivity contribution in [2.24, 2.45) is 0 Å². The van der Waals surface area contributed by atoms with Gasteiger partial charge in [-0.1, -0.05) is 48.5 Å². The molecule has 1 amide bonds. The minimum absolute atomic E-state index is 0.00486. The number of carbonyl (C=O) groups excluding carboxylic acids is 1. The van der Waals surface area contributed by atoms with Crippen LogP contribution in [0.2, 0.25) is 0 Å². The van der Waals surface area contributed by atoms with Gasteiger partial charge >= 0.3 is 6.09 Å². The van der Waals surface area contributed by atoms with Crippen LogP contribution in [0.25, 0.3) is 11.1 Å². The van der Waals surface area contributed by atoms with Crippen LogP contribution in [0.4, 0.5) is 4.79 Å². The summed E-state index contributed by atoms with van der Waals surface area (Å²) in [5.74, 6) is -0.0657. The molecular formula is C28H37NO9. The molecule has 1 saturated heterocycles. The van der Waals surface area contributed by atoms with Crippen LogP contribution in [0.5, 0.6) is 0 Å². The molecule has 4 rings (SSSR count). The highest BCUT2D eigenvalue weighted by atomic mass is 16.7. The van der Waals surface area contributed by atoms with Gasteiger partial charge in [0.15, 0.2) is 0 Å². The van der Waals surface area contributed by atoms with Crippen molar-refractivity contribution in [1.82, 2.24) is 4.90 Å². The van der Waals surface area contributed by atoms with Gasteiger partial charge in [0, 0.05) is 20.1 Å². The number of likely N-dealkylation sites (tertiary alicyclic amines) is 1. The van der Waals surface area contributed by atoms with Crippen LogP contribution in [0.3, 0.4) is 0 Å². The highest BCUT2D eigenvalue weighted by Gasteiger charge is 2.46. The van der Waals surface area contributed by atoms with Crippen molar-refractivity contribution in [3.05, 3.63) is 59.7 Å². The van der Waals surface area contributed by atoms with Crippen LogP contribution in [-0.4, -0.2) is 108 Å². The molecule has 0 radical (unpaired) electrons. The molecule has 1 fully saturated rings. The largest absolute Gasteiger partial charge is 0.448 e. The number of amides is 1. The zero-order valence-corrected chi connectivity index (χ0v) is 22.0. The van der Waals surface area contributed by atoms with E-state index in [1.54, 1.807) is 14.2 Å². The number of aliphatic hydroxyl groups is 1. The summed E-state index contributed by atoms with van der Waals surface area (Å²) in [6, 6.07) is 15.7. The summed E-state index contributed by atoms with van der Waals surface area (Å²) in [6.45, 7) is 1.59. The number of fused-ring (bicyclic) bond motifs is 3. The van der Waals surface area contributed by atoms with Crippen LogP contribution in [-0.2, 0) is 33.2 Å². The maximum Gasteiger partial charge on any atom is 0.410 e. The fraction of sp³-hybridized carbons (Fsp3) is 0.536. The fourth-order valence-electron chi connectivity index (χ4n) is 4.98. The number of carbonyl (C=O) groups is 1. The number of nitrogens with zero attached hydrogens (tertiary/aromatic N) is 1. The van der Waals surface area contributed by atoms with Crippen molar-refractivity contribution >= 4 is 6.09 Å². The molecule has 208 valence electrons. The lowest BCUT2D eigenvalue weighted by Crippen LogP contribution is -2.44. The fourth-order valence-corrected chi connectivity index (χ4v) is 4.98. The lowest BCUT2D eigenvalue weighted by Gasteiger charge is -2.26. The average Bonchev–Trinajstić information content (AvgIpc) is 3.46. The molecule has 10 heteroatoms. The van der Waals surface area contributed by atoms with Crippen molar-refractivity contribution in [1.29, 1.82) is 0 Å². The van der Waals surface area contributed by atoms with E-state index in [0.29, 0.717) is 26.4 Å². The Morgan fingerprint density at radius 2 is 1.45 bits per heavy atom. The first-order chi connectivity index (χ1) is 18.7. The molecular weight excluding hydrogens is 494 g/mol. The molecule has 38 heavy (non-hydrogen) atoms. The minimum Gasteiger partial charge on any atom is -0.448 e. The number of benzene rings is 2. The second-order valence-corrected chi connectivity index (χ2v) is 9.08. The molecule has 0 saturated carbocycles. The molecule has 2 aliphatic rings. The van der Waals surface area contributed by atoms with Crippen LogP contribution < -0.4 is 0 Å². The van der Waals surface area contributed by atoms with Gasteiger partial charge in [-0.05, 0) is 22.3 Å². The third-order valence-corrected chi connectivity index (χ3v) is 6.85. The van der Waals surface area contributed by atoms with Crippen molar-refractivity contribution in [3.8, 4) is 11.1 Å². The Morgan fingerprint density at radius 3 is 2.03 bits per heavy atom. The van der Waals surface area contributed by atoms with E-state index in [0.717, 1.165) is 22.3 Å². The van der Waals surface area contributed by atoms with Gasteiger partial charge in [-0.2, -0.15) is 0 Å². The number of methoxy groups -OCH3 is 2. The summed E-state index contributed by atoms with van der Waals surface area (Å²) in [5, 5.41) is 10.2. The minimum atomic E-state index is -0.666. The molecule has 3 atom stereocenters. The normalized spacial score (nSPS) is 20.5. The molecule has 1 aliphatic heterocycles. The standard InChI is InChI=1S/C28H37NO9/c1-32-11-13-34-18-37-26-15-29(25(16-30)27(26)38-19-35-14-12-33-2)28(31)36-17-24-22-9-5-3-7-20(22)21-8-4-6-10-23(21)24/h3-10,24-27,30H,11-19H2,1-2H3/t25-,26-,27-/m1/s1. The first kappa shape index (κ1) is 28.4. The van der Waals surface area contributed by atoms with Crippen molar-refractivity contribution in [2.45, 2.75) is 24.2 Å². The molecule has 2 aromatic rings. The van der Waals surface area contributed by atoms with E-state index < -0.39 is 24.3 Å². The second kappa shape index (κ2) is 14.5. The number of aliphatic hydroxyl groups excluding tert-OH is 1. The molecule has 1 N–H and O–H groups in total. The quantitative estimate of drug-likeness (QED) is 0.274. The number of rotatable bonds is 15. The molecule has 2 aromatic carbocycles. The molecule has 1 heterocycles.